The number of nitrogens with one attached hydrogen (secondary N) is 2. The third-order valence-corrected chi connectivity index (χ3v) is 3.32. The quantitative estimate of drug-likeness (QED) is 0.812. The molecule has 0 aromatic carbocycles. The summed E-state index contributed by atoms with van der Waals surface area (Å²) in [5.41, 5.74) is -0.411. The van der Waals surface area contributed by atoms with Crippen molar-refractivity contribution in [1.29, 1.82) is 0 Å². The molecule has 0 heterocycles. The van der Waals surface area contributed by atoms with Crippen LogP contribution in [0.3, 0.4) is 0 Å². The molecule has 1 fully saturated rings. The van der Waals surface area contributed by atoms with Crippen LogP contribution in [0.5, 0.6) is 0 Å². The third-order valence-electron chi connectivity index (χ3n) is 3.32. The monoisotopic (exact) mass is 256 g/mol. The number of amides is 1. The minimum Gasteiger partial charge on any atom is -0.444 e. The summed E-state index contributed by atoms with van der Waals surface area (Å²) in [4.78, 5) is 11.6. The fourth-order valence-electron chi connectivity index (χ4n) is 2.60. The first kappa shape index (κ1) is 15.3. The van der Waals surface area contributed by atoms with E-state index in [-0.39, 0.29) is 6.09 Å². The zero-order valence-corrected chi connectivity index (χ0v) is 12.2. The number of carbonyl (C=O) groups is 1. The van der Waals surface area contributed by atoms with Crippen molar-refractivity contribution in [3.63, 3.8) is 0 Å². The number of carbonyl (C=O) groups excluding carboxylic acids is 1. The molecule has 0 radical (unpaired) electrons. The van der Waals surface area contributed by atoms with E-state index in [4.69, 9.17) is 4.74 Å². The van der Waals surface area contributed by atoms with E-state index in [2.05, 4.69) is 10.6 Å². The normalized spacial score (nSPS) is 24.7. The Labute approximate surface area is 111 Å². The minimum absolute atomic E-state index is 0.293. The number of rotatable bonds is 4. The average molecular weight is 256 g/mol. The maximum Gasteiger partial charge on any atom is 0.407 e. The van der Waals surface area contributed by atoms with Crippen LogP contribution in [0.2, 0.25) is 0 Å². The van der Waals surface area contributed by atoms with Crippen molar-refractivity contribution in [3.8, 4) is 0 Å². The second-order valence-corrected chi connectivity index (χ2v) is 6.34. The van der Waals surface area contributed by atoms with Gasteiger partial charge in [0, 0.05) is 6.54 Å². The molecule has 4 nitrogen and oxygen atoms in total. The molecule has 1 rings (SSSR count). The molecule has 0 saturated heterocycles. The van der Waals surface area contributed by atoms with E-state index in [1.165, 1.54) is 25.7 Å². The van der Waals surface area contributed by atoms with Crippen molar-refractivity contribution in [2.45, 2.75) is 52.1 Å². The van der Waals surface area contributed by atoms with Gasteiger partial charge in [0.25, 0.3) is 0 Å². The maximum atomic E-state index is 11.6. The SMILES string of the molecule is CNC[C@@H]1CCC[C@H](CNC(=O)OC(C)(C)C)C1. The second kappa shape index (κ2) is 6.98. The van der Waals surface area contributed by atoms with E-state index >= 15 is 0 Å². The van der Waals surface area contributed by atoms with Crippen LogP contribution in [0.1, 0.15) is 46.5 Å². The smallest absolute Gasteiger partial charge is 0.407 e. The van der Waals surface area contributed by atoms with Crippen LogP contribution in [0.4, 0.5) is 4.79 Å². The maximum absolute atomic E-state index is 11.6. The fourth-order valence-corrected chi connectivity index (χ4v) is 2.60. The van der Waals surface area contributed by atoms with E-state index in [9.17, 15) is 4.79 Å². The summed E-state index contributed by atoms with van der Waals surface area (Å²) in [6.07, 6.45) is 4.71. The van der Waals surface area contributed by atoms with Crippen LogP contribution in [-0.4, -0.2) is 31.8 Å². The molecular formula is C14H28N2O2. The zero-order valence-electron chi connectivity index (χ0n) is 12.2. The topological polar surface area (TPSA) is 50.4 Å². The Bertz CT molecular complexity index is 259. The standard InChI is InChI=1S/C14H28N2O2/c1-14(2,3)18-13(17)16-10-12-7-5-6-11(8-12)9-15-4/h11-12,15H,5-10H2,1-4H3,(H,16,17)/t11-,12+/m1/s1. The summed E-state index contributed by atoms with van der Waals surface area (Å²) >= 11 is 0. The Morgan fingerprint density at radius 1 is 1.22 bits per heavy atom. The first-order chi connectivity index (χ1) is 8.40. The van der Waals surface area contributed by atoms with Crippen molar-refractivity contribution >= 4 is 6.09 Å². The molecule has 106 valence electrons. The Morgan fingerprint density at radius 2 is 1.83 bits per heavy atom. The first-order valence-electron chi connectivity index (χ1n) is 7.02. The van der Waals surface area contributed by atoms with Gasteiger partial charge >= 0.3 is 6.09 Å². The predicted molar refractivity (Wildman–Crippen MR) is 73.6 cm³/mol. The molecule has 1 saturated carbocycles. The van der Waals surface area contributed by atoms with Gasteiger partial charge < -0.3 is 15.4 Å². The second-order valence-electron chi connectivity index (χ2n) is 6.34. The highest BCUT2D eigenvalue weighted by Crippen LogP contribution is 2.28. The number of hydrogen-bond acceptors (Lipinski definition) is 3. The van der Waals surface area contributed by atoms with Gasteiger partial charge in [0.2, 0.25) is 0 Å². The molecule has 1 aliphatic carbocycles. The van der Waals surface area contributed by atoms with E-state index in [1.54, 1.807) is 0 Å². The zero-order chi connectivity index (χ0) is 13.6. The van der Waals surface area contributed by atoms with Gasteiger partial charge in [0.15, 0.2) is 0 Å². The molecule has 0 aromatic heterocycles. The first-order valence-corrected chi connectivity index (χ1v) is 7.02. The highest BCUT2D eigenvalue weighted by atomic mass is 16.6. The Morgan fingerprint density at radius 3 is 2.39 bits per heavy atom. The molecule has 18 heavy (non-hydrogen) atoms. The molecule has 2 N–H and O–H groups in total. The van der Waals surface area contributed by atoms with Crippen LogP contribution in [0, 0.1) is 11.8 Å². The number of hydrogen-bond donors (Lipinski definition) is 2. The van der Waals surface area contributed by atoms with Gasteiger partial charge in [-0.25, -0.2) is 4.79 Å². The van der Waals surface area contributed by atoms with Gasteiger partial charge in [-0.2, -0.15) is 0 Å². The Hall–Kier alpha value is -0.770. The van der Waals surface area contributed by atoms with Gasteiger partial charge in [-0.15, -0.1) is 0 Å². The number of alkyl carbamates (subject to hydrolysis) is 1. The molecule has 0 bridgehead atoms. The lowest BCUT2D eigenvalue weighted by atomic mass is 9.81. The van der Waals surface area contributed by atoms with Crippen LogP contribution >= 0.6 is 0 Å². The molecule has 0 spiro atoms. The van der Waals surface area contributed by atoms with Gasteiger partial charge in [0.05, 0.1) is 0 Å². The van der Waals surface area contributed by atoms with Crippen molar-refractivity contribution in [2.75, 3.05) is 20.1 Å². The summed E-state index contributed by atoms with van der Waals surface area (Å²) in [7, 11) is 2.00. The van der Waals surface area contributed by atoms with E-state index in [0.717, 1.165) is 19.0 Å². The highest BCUT2D eigenvalue weighted by Gasteiger charge is 2.23. The summed E-state index contributed by atoms with van der Waals surface area (Å²) in [6.45, 7) is 7.49. The lowest BCUT2D eigenvalue weighted by Crippen LogP contribution is -2.37. The van der Waals surface area contributed by atoms with Crippen LogP contribution < -0.4 is 10.6 Å². The van der Waals surface area contributed by atoms with Crippen LogP contribution in [-0.2, 0) is 4.74 Å². The van der Waals surface area contributed by atoms with E-state index in [0.29, 0.717) is 5.92 Å². The molecule has 1 amide bonds. The lowest BCUT2D eigenvalue weighted by Gasteiger charge is -2.29. The highest BCUT2D eigenvalue weighted by molar-refractivity contribution is 5.67. The van der Waals surface area contributed by atoms with Crippen molar-refractivity contribution in [1.82, 2.24) is 10.6 Å². The molecular weight excluding hydrogens is 228 g/mol. The van der Waals surface area contributed by atoms with Gasteiger partial charge in [0.1, 0.15) is 5.60 Å². The average Bonchev–Trinajstić information content (AvgIpc) is 2.25. The molecule has 1 aliphatic rings. The number of ether oxygens (including phenoxy) is 1. The summed E-state index contributed by atoms with van der Waals surface area (Å²) in [5, 5.41) is 6.13. The van der Waals surface area contributed by atoms with Gasteiger partial charge in [-0.1, -0.05) is 6.42 Å². The van der Waals surface area contributed by atoms with Crippen molar-refractivity contribution in [2.24, 2.45) is 11.8 Å². The van der Waals surface area contributed by atoms with E-state index in [1.807, 2.05) is 27.8 Å². The van der Waals surface area contributed by atoms with Gasteiger partial charge in [-0.3, -0.25) is 0 Å². The predicted octanol–water partition coefficient (Wildman–Crippen LogP) is 2.54. The Kier molecular flexibility index (Phi) is 5.93. The largest absolute Gasteiger partial charge is 0.444 e. The van der Waals surface area contributed by atoms with Crippen LogP contribution in [0.25, 0.3) is 0 Å². The molecule has 2 atom stereocenters. The summed E-state index contributed by atoms with van der Waals surface area (Å²) in [6, 6.07) is 0. The van der Waals surface area contributed by atoms with E-state index < -0.39 is 5.60 Å². The lowest BCUT2D eigenvalue weighted by molar-refractivity contribution is 0.0512. The fraction of sp³-hybridized carbons (Fsp3) is 0.929. The van der Waals surface area contributed by atoms with Gasteiger partial charge in [-0.05, 0) is 65.5 Å². The molecule has 0 aliphatic heterocycles. The van der Waals surface area contributed by atoms with Crippen molar-refractivity contribution in [3.05, 3.63) is 0 Å². The summed E-state index contributed by atoms with van der Waals surface area (Å²) < 4.78 is 5.24. The molecule has 0 aromatic rings. The Balaban J connectivity index is 2.24. The molecule has 4 heteroatoms. The summed E-state index contributed by atoms with van der Waals surface area (Å²) in [5.74, 6) is 1.36. The van der Waals surface area contributed by atoms with Crippen LogP contribution in [0.15, 0.2) is 0 Å². The minimum atomic E-state index is -0.411. The molecule has 0 unspecified atom stereocenters. The third kappa shape index (κ3) is 6.24. The van der Waals surface area contributed by atoms with Crippen molar-refractivity contribution < 1.29 is 9.53 Å².